The molecule has 5 rings (SSSR count). The summed E-state index contributed by atoms with van der Waals surface area (Å²) < 4.78 is 13.3. The number of carbonyl (C=O) groups excluding carboxylic acids is 1. The van der Waals surface area contributed by atoms with Crippen molar-refractivity contribution in [2.24, 2.45) is 0 Å². The topological polar surface area (TPSA) is 69.6 Å². The summed E-state index contributed by atoms with van der Waals surface area (Å²) >= 11 is 1.56. The van der Waals surface area contributed by atoms with Crippen LogP contribution in [0.2, 0.25) is 0 Å². The Bertz CT molecular complexity index is 1140. The van der Waals surface area contributed by atoms with Gasteiger partial charge in [-0.3, -0.25) is 14.3 Å². The summed E-state index contributed by atoms with van der Waals surface area (Å²) in [5.41, 5.74) is 2.91. The molecule has 5 nitrogen and oxygen atoms in total. The summed E-state index contributed by atoms with van der Waals surface area (Å²) in [5.74, 6) is 0.380. The number of hydrogen-bond donors (Lipinski definition) is 2. The number of fused-ring (bicyclic) bond motifs is 2. The number of carbonyl (C=O) groups is 1. The van der Waals surface area contributed by atoms with Crippen molar-refractivity contribution in [2.45, 2.75) is 5.37 Å². The van der Waals surface area contributed by atoms with E-state index >= 15 is 0 Å². The zero-order valence-electron chi connectivity index (χ0n) is 14.8. The third-order valence-electron chi connectivity index (χ3n) is 5.04. The van der Waals surface area contributed by atoms with Gasteiger partial charge < -0.3 is 10.2 Å². The first kappa shape index (κ1) is 17.6. The molecule has 0 aromatic heterocycles. The average Bonchev–Trinajstić information content (AvgIpc) is 3.10. The molecule has 1 amide bonds. The van der Waals surface area contributed by atoms with Crippen molar-refractivity contribution in [3.05, 3.63) is 78.4 Å². The Labute approximate surface area is 166 Å². The molecule has 1 fully saturated rings. The van der Waals surface area contributed by atoms with Crippen molar-refractivity contribution in [1.29, 1.82) is 0 Å². The highest BCUT2D eigenvalue weighted by molar-refractivity contribution is 8.00. The Balaban J connectivity index is 1.60. The molecule has 2 aliphatic rings. The van der Waals surface area contributed by atoms with Gasteiger partial charge in [-0.25, -0.2) is 0 Å². The van der Waals surface area contributed by atoms with E-state index in [-0.39, 0.29) is 11.3 Å². The highest BCUT2D eigenvalue weighted by Crippen LogP contribution is 2.49. The van der Waals surface area contributed by atoms with Gasteiger partial charge in [0.05, 0.1) is 27.7 Å². The van der Waals surface area contributed by atoms with E-state index in [1.165, 1.54) is 0 Å². The number of nitrogens with one attached hydrogen (secondary N) is 1. The lowest BCUT2D eigenvalue weighted by molar-refractivity contribution is -0.115. The largest absolute Gasteiger partial charge is 0.354 e. The number of rotatable bonds is 2. The van der Waals surface area contributed by atoms with Crippen molar-refractivity contribution in [3.8, 4) is 0 Å². The molecule has 7 heteroatoms. The number of hydrogen-bond acceptors (Lipinski definition) is 4. The highest BCUT2D eigenvalue weighted by Gasteiger charge is 2.38. The first-order chi connectivity index (χ1) is 13.6. The summed E-state index contributed by atoms with van der Waals surface area (Å²) in [4.78, 5) is 25.3. The molecule has 2 N–H and O–H groups in total. The van der Waals surface area contributed by atoms with Gasteiger partial charge in [0.25, 0.3) is 7.37 Å². The second-order valence-electron chi connectivity index (χ2n) is 6.76. The third kappa shape index (κ3) is 2.68. The third-order valence-corrected chi connectivity index (χ3v) is 8.32. The molecule has 0 aliphatic carbocycles. The molecular weight excluding hydrogens is 391 g/mol. The predicted molar refractivity (Wildman–Crippen MR) is 114 cm³/mol. The minimum absolute atomic E-state index is 0.00394. The maximum absolute atomic E-state index is 13.3. The van der Waals surface area contributed by atoms with Crippen LogP contribution in [0.15, 0.2) is 72.8 Å². The fourth-order valence-electron chi connectivity index (χ4n) is 3.71. The predicted octanol–water partition coefficient (Wildman–Crippen LogP) is 3.74. The zero-order valence-corrected chi connectivity index (χ0v) is 16.5. The Morgan fingerprint density at radius 3 is 2.50 bits per heavy atom. The van der Waals surface area contributed by atoms with Crippen LogP contribution in [-0.4, -0.2) is 16.6 Å². The number of anilines is 3. The Kier molecular flexibility index (Phi) is 4.09. The molecule has 3 aromatic carbocycles. The summed E-state index contributed by atoms with van der Waals surface area (Å²) in [5, 5.41) is 3.81. The molecule has 0 radical (unpaired) electrons. The molecule has 0 bridgehead atoms. The van der Waals surface area contributed by atoms with Gasteiger partial charge in [0, 0.05) is 5.69 Å². The quantitative estimate of drug-likeness (QED) is 0.632. The standard InChI is InChI=1S/C21H17N2O3PS/c24-20-13-28-21(14-6-2-1-3-7-14)23(20)15-10-11-17-19(12-15)27(25,26)18-9-5-4-8-16(18)22-17/h1-12,21-22H,13H2,(H,25,26). The summed E-state index contributed by atoms with van der Waals surface area (Å²) in [6.07, 6.45) is 0. The number of benzene rings is 3. The molecule has 28 heavy (non-hydrogen) atoms. The van der Waals surface area contributed by atoms with Crippen LogP contribution < -0.4 is 20.8 Å². The number of nitrogens with zero attached hydrogens (tertiary/aromatic N) is 1. The van der Waals surface area contributed by atoms with Crippen LogP contribution in [0.5, 0.6) is 0 Å². The van der Waals surface area contributed by atoms with Gasteiger partial charge in [-0.2, -0.15) is 0 Å². The first-order valence-electron chi connectivity index (χ1n) is 8.88. The van der Waals surface area contributed by atoms with E-state index in [1.54, 1.807) is 47.0 Å². The molecule has 2 aliphatic heterocycles. The number of thioether (sulfide) groups is 1. The van der Waals surface area contributed by atoms with Gasteiger partial charge in [0.15, 0.2) is 0 Å². The molecule has 1 saturated heterocycles. The van der Waals surface area contributed by atoms with Crippen molar-refractivity contribution in [2.75, 3.05) is 16.0 Å². The Morgan fingerprint density at radius 2 is 1.68 bits per heavy atom. The van der Waals surface area contributed by atoms with E-state index < -0.39 is 7.37 Å². The van der Waals surface area contributed by atoms with Crippen LogP contribution in [0.1, 0.15) is 10.9 Å². The van der Waals surface area contributed by atoms with E-state index in [2.05, 4.69) is 5.32 Å². The van der Waals surface area contributed by atoms with Gasteiger partial charge in [-0.05, 0) is 35.9 Å². The van der Waals surface area contributed by atoms with Crippen LogP contribution >= 0.6 is 19.1 Å². The van der Waals surface area contributed by atoms with E-state index in [1.807, 2.05) is 42.5 Å². The fraction of sp³-hybridized carbons (Fsp3) is 0.0952. The van der Waals surface area contributed by atoms with Gasteiger partial charge >= 0.3 is 0 Å². The molecule has 2 unspecified atom stereocenters. The molecule has 2 atom stereocenters. The van der Waals surface area contributed by atoms with Crippen molar-refractivity contribution in [1.82, 2.24) is 0 Å². The zero-order chi connectivity index (χ0) is 19.3. The lowest BCUT2D eigenvalue weighted by Crippen LogP contribution is -2.31. The van der Waals surface area contributed by atoms with Gasteiger partial charge in [-0.1, -0.05) is 42.5 Å². The molecule has 2 heterocycles. The molecule has 3 aromatic rings. The number of amides is 1. The lowest BCUT2D eigenvalue weighted by atomic mass is 10.1. The first-order valence-corrected chi connectivity index (χ1v) is 11.6. The maximum Gasteiger partial charge on any atom is 0.262 e. The summed E-state index contributed by atoms with van der Waals surface area (Å²) in [7, 11) is -3.75. The van der Waals surface area contributed by atoms with Crippen LogP contribution in [0.25, 0.3) is 0 Å². The van der Waals surface area contributed by atoms with Gasteiger partial charge in [0.1, 0.15) is 5.37 Å². The summed E-state index contributed by atoms with van der Waals surface area (Å²) in [6, 6.07) is 22.2. The molecule has 0 saturated carbocycles. The maximum atomic E-state index is 13.3. The summed E-state index contributed by atoms with van der Waals surface area (Å²) in [6.45, 7) is 0. The normalized spacial score (nSPS) is 23.1. The molecule has 0 spiro atoms. The van der Waals surface area contributed by atoms with Crippen molar-refractivity contribution >= 4 is 52.7 Å². The van der Waals surface area contributed by atoms with Gasteiger partial charge in [-0.15, -0.1) is 11.8 Å². The second kappa shape index (κ2) is 6.52. The van der Waals surface area contributed by atoms with E-state index in [4.69, 9.17) is 0 Å². The molecule has 140 valence electrons. The minimum Gasteiger partial charge on any atom is -0.354 e. The Hall–Kier alpha value is -2.53. The smallest absolute Gasteiger partial charge is 0.262 e. The average molecular weight is 408 g/mol. The monoisotopic (exact) mass is 408 g/mol. The van der Waals surface area contributed by atoms with E-state index in [9.17, 15) is 14.3 Å². The second-order valence-corrected chi connectivity index (χ2v) is 9.94. The van der Waals surface area contributed by atoms with E-state index in [0.29, 0.717) is 33.4 Å². The van der Waals surface area contributed by atoms with Crippen molar-refractivity contribution in [3.63, 3.8) is 0 Å². The number of para-hydroxylation sites is 1. The van der Waals surface area contributed by atoms with E-state index in [0.717, 1.165) is 5.56 Å². The highest BCUT2D eigenvalue weighted by atomic mass is 32.2. The van der Waals surface area contributed by atoms with Crippen LogP contribution in [0.4, 0.5) is 17.1 Å². The van der Waals surface area contributed by atoms with Crippen molar-refractivity contribution < 1.29 is 14.3 Å². The lowest BCUT2D eigenvalue weighted by Gasteiger charge is -2.29. The molecular formula is C21H17N2O3PS. The minimum atomic E-state index is -3.75. The van der Waals surface area contributed by atoms with Crippen LogP contribution in [-0.2, 0) is 9.36 Å². The van der Waals surface area contributed by atoms with Crippen LogP contribution in [0, 0.1) is 0 Å². The Morgan fingerprint density at radius 1 is 0.964 bits per heavy atom. The fourth-order valence-corrected chi connectivity index (χ4v) is 6.66. The SMILES string of the molecule is O=C1CSC(c2ccccc2)N1c1ccc2c(c1)P(=O)(O)c1ccccc1N2. The van der Waals surface area contributed by atoms with Crippen LogP contribution in [0.3, 0.4) is 0 Å². The van der Waals surface area contributed by atoms with Gasteiger partial charge in [0.2, 0.25) is 5.91 Å².